The van der Waals surface area contributed by atoms with Gasteiger partial charge in [-0.1, -0.05) is 0 Å². The Balaban J connectivity index is 3.77. The Morgan fingerprint density at radius 3 is 1.95 bits per heavy atom. The van der Waals surface area contributed by atoms with E-state index >= 15 is 0 Å². The molecule has 4 nitrogen and oxygen atoms in total. The number of carbonyl (C=O) groups is 1. The number of nitrogens with one attached hydrogen (secondary N) is 1. The van der Waals surface area contributed by atoms with Crippen LogP contribution < -0.4 is 5.43 Å². The van der Waals surface area contributed by atoms with Crippen LogP contribution in [0.25, 0.3) is 0 Å². The molecule has 0 aromatic carbocycles. The van der Waals surface area contributed by atoms with Crippen LogP contribution in [-0.2, 0) is 17.1 Å². The molecule has 21 heavy (non-hydrogen) atoms. The van der Waals surface area contributed by atoms with Gasteiger partial charge in [-0.25, -0.2) is 4.79 Å². The van der Waals surface area contributed by atoms with Gasteiger partial charge in [0.1, 0.15) is 17.0 Å². The predicted octanol–water partition coefficient (Wildman–Crippen LogP) is 2.90. The van der Waals surface area contributed by atoms with E-state index in [9.17, 15) is 35.9 Å². The highest BCUT2D eigenvalue weighted by Crippen LogP contribution is 2.35. The zero-order valence-corrected chi connectivity index (χ0v) is 10.7. The van der Waals surface area contributed by atoms with Crippen molar-refractivity contribution in [2.24, 2.45) is 0 Å². The zero-order valence-electron chi connectivity index (χ0n) is 10.7. The second-order valence-electron chi connectivity index (χ2n) is 3.92. The number of alkyl halides is 6. The van der Waals surface area contributed by atoms with Crippen LogP contribution >= 0.6 is 0 Å². The van der Waals surface area contributed by atoms with Crippen molar-refractivity contribution >= 4 is 5.97 Å². The van der Waals surface area contributed by atoms with Crippen LogP contribution in [0.1, 0.15) is 34.2 Å². The highest BCUT2D eigenvalue weighted by molar-refractivity contribution is 5.91. The third-order valence-corrected chi connectivity index (χ3v) is 2.49. The summed E-state index contributed by atoms with van der Waals surface area (Å²) >= 11 is 0. The molecule has 1 N–H and O–H groups in total. The maximum atomic E-state index is 12.8. The van der Waals surface area contributed by atoms with E-state index in [-0.39, 0.29) is 6.61 Å². The van der Waals surface area contributed by atoms with Crippen molar-refractivity contribution in [1.82, 2.24) is 4.98 Å². The highest BCUT2D eigenvalue weighted by atomic mass is 19.4. The predicted molar refractivity (Wildman–Crippen MR) is 57.8 cm³/mol. The van der Waals surface area contributed by atoms with E-state index in [1.807, 2.05) is 0 Å². The zero-order chi connectivity index (χ0) is 16.6. The van der Waals surface area contributed by atoms with Crippen molar-refractivity contribution < 1.29 is 35.9 Å². The Kier molecular flexibility index (Phi) is 4.40. The molecule has 0 bridgehead atoms. The third kappa shape index (κ3) is 3.37. The first kappa shape index (κ1) is 17.1. The molecule has 0 spiro atoms. The first-order valence-corrected chi connectivity index (χ1v) is 5.49. The quantitative estimate of drug-likeness (QED) is 0.674. The van der Waals surface area contributed by atoms with E-state index < -0.39 is 46.3 Å². The summed E-state index contributed by atoms with van der Waals surface area (Å²) in [6.45, 7) is 1.61. The van der Waals surface area contributed by atoms with E-state index in [1.54, 1.807) is 0 Å². The molecule has 0 atom stereocenters. The highest BCUT2D eigenvalue weighted by Gasteiger charge is 2.43. The molecule has 0 aliphatic rings. The lowest BCUT2D eigenvalue weighted by atomic mass is 10.1. The van der Waals surface area contributed by atoms with Crippen molar-refractivity contribution in [3.8, 4) is 0 Å². The summed E-state index contributed by atoms with van der Waals surface area (Å²) in [6, 6.07) is 0. The van der Waals surface area contributed by atoms with Crippen molar-refractivity contribution in [3.63, 3.8) is 0 Å². The summed E-state index contributed by atoms with van der Waals surface area (Å²) < 4.78 is 80.5. The van der Waals surface area contributed by atoms with E-state index in [1.165, 1.54) is 6.92 Å². The van der Waals surface area contributed by atoms with Gasteiger partial charge in [0, 0.05) is 5.56 Å². The molecule has 10 heteroatoms. The van der Waals surface area contributed by atoms with E-state index in [4.69, 9.17) is 0 Å². The van der Waals surface area contributed by atoms with Gasteiger partial charge in [-0.2, -0.15) is 26.3 Å². The smallest absolute Gasteiger partial charge is 0.432 e. The molecular formula is C11H9F6NO3. The van der Waals surface area contributed by atoms with Gasteiger partial charge >= 0.3 is 18.3 Å². The van der Waals surface area contributed by atoms with E-state index in [2.05, 4.69) is 4.74 Å². The number of hydrogen-bond donors (Lipinski definition) is 1. The second-order valence-corrected chi connectivity index (χ2v) is 3.92. The summed E-state index contributed by atoms with van der Waals surface area (Å²) in [5.41, 5.74) is -8.14. The average Bonchev–Trinajstić information content (AvgIpc) is 2.29. The largest absolute Gasteiger partial charge is 0.462 e. The van der Waals surface area contributed by atoms with Crippen LogP contribution in [0.4, 0.5) is 26.3 Å². The molecule has 1 heterocycles. The Bertz CT molecular complexity index is 614. The van der Waals surface area contributed by atoms with Crippen molar-refractivity contribution in [2.75, 3.05) is 6.61 Å². The maximum absolute atomic E-state index is 12.8. The molecule has 0 aliphatic carbocycles. The number of aromatic nitrogens is 1. The standard InChI is InChI=1S/C11H9F6NO3/c1-3-21-9(20)5-6(19)4(2)7(10(12,13)14)18-8(5)11(15,16)17/h3H2,1-2H3,(H,18,19). The van der Waals surface area contributed by atoms with Crippen LogP contribution in [0, 0.1) is 6.92 Å². The van der Waals surface area contributed by atoms with Gasteiger partial charge in [0.05, 0.1) is 6.61 Å². The molecule has 0 saturated heterocycles. The van der Waals surface area contributed by atoms with Gasteiger partial charge in [-0.3, -0.25) is 4.79 Å². The number of ether oxygens (including phenoxy) is 1. The van der Waals surface area contributed by atoms with Crippen molar-refractivity contribution in [3.05, 3.63) is 32.7 Å². The minimum absolute atomic E-state index is 0.338. The van der Waals surface area contributed by atoms with Gasteiger partial charge < -0.3 is 9.72 Å². The summed E-state index contributed by atoms with van der Waals surface area (Å²) in [7, 11) is 0. The van der Waals surface area contributed by atoms with Gasteiger partial charge in [0.15, 0.2) is 5.43 Å². The fraction of sp³-hybridized carbons (Fsp3) is 0.455. The molecular weight excluding hydrogens is 308 g/mol. The molecule has 0 unspecified atom stereocenters. The number of rotatable bonds is 2. The first-order chi connectivity index (χ1) is 9.41. The Hall–Kier alpha value is -2.00. The summed E-state index contributed by atoms with van der Waals surface area (Å²) in [5.74, 6) is -1.64. The average molecular weight is 317 g/mol. The summed E-state index contributed by atoms with van der Waals surface area (Å²) in [4.78, 5) is 24.2. The van der Waals surface area contributed by atoms with Gasteiger partial charge in [-0.15, -0.1) is 0 Å². The SMILES string of the molecule is CCOC(=O)c1c(C(F)(F)F)[nH]c(C(F)(F)F)c(C)c1=O. The fourth-order valence-electron chi connectivity index (χ4n) is 1.59. The Morgan fingerprint density at radius 1 is 1.10 bits per heavy atom. The van der Waals surface area contributed by atoms with Crippen molar-refractivity contribution in [1.29, 1.82) is 0 Å². The lowest BCUT2D eigenvalue weighted by Crippen LogP contribution is -2.31. The van der Waals surface area contributed by atoms with Gasteiger partial charge in [-0.05, 0) is 13.8 Å². The van der Waals surface area contributed by atoms with E-state index in [0.717, 1.165) is 4.98 Å². The number of H-pyrrole nitrogens is 1. The molecule has 0 fully saturated rings. The van der Waals surface area contributed by atoms with Crippen LogP contribution in [0.15, 0.2) is 4.79 Å². The third-order valence-electron chi connectivity index (χ3n) is 2.49. The number of aromatic amines is 1. The molecule has 0 saturated carbocycles. The lowest BCUT2D eigenvalue weighted by Gasteiger charge is -2.17. The normalized spacial score (nSPS) is 12.4. The number of hydrogen-bond acceptors (Lipinski definition) is 3. The fourth-order valence-corrected chi connectivity index (χ4v) is 1.59. The van der Waals surface area contributed by atoms with Crippen LogP contribution in [-0.4, -0.2) is 17.6 Å². The lowest BCUT2D eigenvalue weighted by molar-refractivity contribution is -0.150. The second kappa shape index (κ2) is 5.41. The molecule has 1 aromatic heterocycles. The minimum Gasteiger partial charge on any atom is -0.462 e. The van der Waals surface area contributed by atoms with Crippen LogP contribution in [0.2, 0.25) is 0 Å². The number of esters is 1. The topological polar surface area (TPSA) is 59.2 Å². The number of pyridine rings is 1. The molecule has 0 aliphatic heterocycles. The summed E-state index contributed by atoms with van der Waals surface area (Å²) in [5, 5.41) is 0. The molecule has 1 rings (SSSR count). The monoisotopic (exact) mass is 317 g/mol. The summed E-state index contributed by atoms with van der Waals surface area (Å²) in [6.07, 6.45) is -10.6. The van der Waals surface area contributed by atoms with Crippen LogP contribution in [0.5, 0.6) is 0 Å². The minimum atomic E-state index is -5.35. The van der Waals surface area contributed by atoms with Gasteiger partial charge in [0.2, 0.25) is 0 Å². The van der Waals surface area contributed by atoms with Gasteiger partial charge in [0.25, 0.3) is 0 Å². The van der Waals surface area contributed by atoms with E-state index in [0.29, 0.717) is 6.92 Å². The number of carbonyl (C=O) groups excluding carboxylic acids is 1. The van der Waals surface area contributed by atoms with Crippen molar-refractivity contribution in [2.45, 2.75) is 26.2 Å². The number of halogens is 6. The Morgan fingerprint density at radius 2 is 1.57 bits per heavy atom. The first-order valence-electron chi connectivity index (χ1n) is 5.49. The Labute approximate surface area is 113 Å². The molecule has 1 aromatic rings. The molecule has 118 valence electrons. The maximum Gasteiger partial charge on any atom is 0.432 e. The van der Waals surface area contributed by atoms with Crippen LogP contribution in [0.3, 0.4) is 0 Å². The molecule has 0 radical (unpaired) electrons. The molecule has 0 amide bonds.